The van der Waals surface area contributed by atoms with Gasteiger partial charge in [-0.15, -0.1) is 0 Å². The Kier molecular flexibility index (Phi) is 6.18. The molecule has 0 amide bonds. The molecule has 3 nitrogen and oxygen atoms in total. The fourth-order valence-electron chi connectivity index (χ4n) is 1.16. The van der Waals surface area contributed by atoms with Crippen LogP contribution >= 0.6 is 0 Å². The molecule has 1 N–H and O–H groups in total. The summed E-state index contributed by atoms with van der Waals surface area (Å²) in [5, 5.41) is 1.77. The van der Waals surface area contributed by atoms with E-state index >= 15 is 0 Å². The molecule has 1 aromatic rings. The second-order valence-corrected chi connectivity index (χ2v) is 2.77. The largest absolute Gasteiger partial charge is 0.326 e. The Morgan fingerprint density at radius 3 is 2.33 bits per heavy atom. The Morgan fingerprint density at radius 1 is 1.27 bits per heavy atom. The van der Waals surface area contributed by atoms with Crippen molar-refractivity contribution >= 4 is 12.2 Å². The molecule has 0 radical (unpaired) electrons. The van der Waals surface area contributed by atoms with Crippen LogP contribution in [0.2, 0.25) is 0 Å². The maximum Gasteiger partial charge on any atom is 0.326 e. The van der Waals surface area contributed by atoms with Crippen molar-refractivity contribution in [2.24, 2.45) is 7.05 Å². The Hall–Kier alpha value is -1.51. The Bertz CT molecular complexity index is 475. The number of nitrogens with one attached hydrogen (secondary N) is 1. The second kappa shape index (κ2) is 6.87. The molecule has 0 unspecified atom stereocenters. The van der Waals surface area contributed by atoms with Crippen LogP contribution in [0.4, 0.5) is 0 Å². The van der Waals surface area contributed by atoms with E-state index in [-0.39, 0.29) is 5.69 Å². The van der Waals surface area contributed by atoms with E-state index in [9.17, 15) is 4.79 Å². The normalized spacial score (nSPS) is 13.1. The van der Waals surface area contributed by atoms with Crippen LogP contribution in [-0.4, -0.2) is 9.55 Å². The van der Waals surface area contributed by atoms with E-state index in [1.54, 1.807) is 11.6 Å². The van der Waals surface area contributed by atoms with Crippen LogP contribution in [0.5, 0.6) is 0 Å². The summed E-state index contributed by atoms with van der Waals surface area (Å²) in [6, 6.07) is 0. The lowest BCUT2D eigenvalue weighted by molar-refractivity contribution is 0.836. The fraction of sp³-hybridized carbons (Fsp3) is 0.417. The molecule has 0 aromatic carbocycles. The van der Waals surface area contributed by atoms with Crippen molar-refractivity contribution in [1.29, 1.82) is 0 Å². The van der Waals surface area contributed by atoms with Gasteiger partial charge >= 0.3 is 5.69 Å². The molecule has 0 atom stereocenters. The van der Waals surface area contributed by atoms with Gasteiger partial charge in [0.05, 0.1) is 10.7 Å². The number of imidazole rings is 1. The maximum atomic E-state index is 11.2. The molecule has 3 heteroatoms. The van der Waals surface area contributed by atoms with E-state index in [4.69, 9.17) is 0 Å². The monoisotopic (exact) mass is 208 g/mol. The number of aromatic amines is 1. The van der Waals surface area contributed by atoms with Gasteiger partial charge in [-0.25, -0.2) is 4.79 Å². The lowest BCUT2D eigenvalue weighted by Crippen LogP contribution is -2.29. The SMILES string of the molecule is CC.C\C=C/C=c1\c(=C/C)[nH]c(=O)n1C. The molecule has 84 valence electrons. The van der Waals surface area contributed by atoms with E-state index in [1.807, 2.05) is 52.0 Å². The number of H-pyrrole nitrogens is 1. The van der Waals surface area contributed by atoms with Crippen molar-refractivity contribution in [1.82, 2.24) is 9.55 Å². The summed E-state index contributed by atoms with van der Waals surface area (Å²) >= 11 is 0. The molecule has 0 saturated carbocycles. The van der Waals surface area contributed by atoms with Gasteiger partial charge < -0.3 is 4.98 Å². The molecule has 0 spiro atoms. The highest BCUT2D eigenvalue weighted by Crippen LogP contribution is 1.69. The number of nitrogens with zero attached hydrogens (tertiary/aromatic N) is 1. The number of allylic oxidation sites excluding steroid dienone is 2. The molecule has 0 saturated heterocycles. The summed E-state index contributed by atoms with van der Waals surface area (Å²) in [6.45, 7) is 7.84. The highest BCUT2D eigenvalue weighted by molar-refractivity contribution is 5.35. The van der Waals surface area contributed by atoms with Crippen LogP contribution in [0.3, 0.4) is 0 Å². The zero-order chi connectivity index (χ0) is 11.8. The van der Waals surface area contributed by atoms with Gasteiger partial charge in [0.15, 0.2) is 0 Å². The molecular formula is C12H20N2O. The minimum Gasteiger partial charge on any atom is -0.306 e. The fourth-order valence-corrected chi connectivity index (χ4v) is 1.16. The summed E-state index contributed by atoms with van der Waals surface area (Å²) in [7, 11) is 1.75. The Balaban J connectivity index is 0.000000921. The summed E-state index contributed by atoms with van der Waals surface area (Å²) in [6.07, 6.45) is 7.64. The predicted molar refractivity (Wildman–Crippen MR) is 66.0 cm³/mol. The quantitative estimate of drug-likeness (QED) is 0.731. The number of hydrogen-bond donors (Lipinski definition) is 1. The van der Waals surface area contributed by atoms with Gasteiger partial charge in [-0.3, -0.25) is 4.57 Å². The summed E-state index contributed by atoms with van der Waals surface area (Å²) in [5.74, 6) is 0. The number of aromatic nitrogens is 2. The van der Waals surface area contributed by atoms with E-state index in [2.05, 4.69) is 4.98 Å². The maximum absolute atomic E-state index is 11.2. The topological polar surface area (TPSA) is 37.8 Å². The molecule has 1 heterocycles. The van der Waals surface area contributed by atoms with Crippen molar-refractivity contribution in [3.05, 3.63) is 33.3 Å². The first-order valence-electron chi connectivity index (χ1n) is 5.25. The molecule has 0 aliphatic heterocycles. The predicted octanol–water partition coefficient (Wildman–Crippen LogP) is 0.897. The van der Waals surface area contributed by atoms with E-state index in [0.717, 1.165) is 10.7 Å². The van der Waals surface area contributed by atoms with Crippen molar-refractivity contribution in [3.8, 4) is 0 Å². The van der Waals surface area contributed by atoms with E-state index in [1.165, 1.54) is 0 Å². The van der Waals surface area contributed by atoms with Crippen LogP contribution in [0, 0.1) is 0 Å². The second-order valence-electron chi connectivity index (χ2n) is 2.77. The third-order valence-corrected chi connectivity index (χ3v) is 1.92. The van der Waals surface area contributed by atoms with Crippen molar-refractivity contribution in [2.75, 3.05) is 0 Å². The lowest BCUT2D eigenvalue weighted by Gasteiger charge is -1.85. The van der Waals surface area contributed by atoms with Gasteiger partial charge in [0.2, 0.25) is 0 Å². The smallest absolute Gasteiger partial charge is 0.306 e. The highest BCUT2D eigenvalue weighted by atomic mass is 16.1. The molecular weight excluding hydrogens is 188 g/mol. The highest BCUT2D eigenvalue weighted by Gasteiger charge is 1.94. The number of rotatable bonds is 1. The molecule has 1 aromatic heterocycles. The zero-order valence-corrected chi connectivity index (χ0v) is 10.2. The van der Waals surface area contributed by atoms with Gasteiger partial charge in [0.25, 0.3) is 0 Å². The minimum atomic E-state index is -0.0798. The van der Waals surface area contributed by atoms with Crippen LogP contribution < -0.4 is 16.4 Å². The Labute approximate surface area is 90.5 Å². The molecule has 0 bridgehead atoms. The first kappa shape index (κ1) is 13.5. The van der Waals surface area contributed by atoms with Crippen LogP contribution in [0.25, 0.3) is 12.2 Å². The van der Waals surface area contributed by atoms with Gasteiger partial charge in [-0.2, -0.15) is 0 Å². The van der Waals surface area contributed by atoms with Gasteiger partial charge in [0.1, 0.15) is 0 Å². The van der Waals surface area contributed by atoms with Crippen molar-refractivity contribution in [2.45, 2.75) is 27.7 Å². The zero-order valence-electron chi connectivity index (χ0n) is 10.2. The molecule has 0 aliphatic carbocycles. The van der Waals surface area contributed by atoms with Crippen LogP contribution in [-0.2, 0) is 7.05 Å². The van der Waals surface area contributed by atoms with Gasteiger partial charge in [-0.05, 0) is 19.9 Å². The number of hydrogen-bond acceptors (Lipinski definition) is 1. The molecule has 1 rings (SSSR count). The van der Waals surface area contributed by atoms with E-state index < -0.39 is 0 Å². The standard InChI is InChI=1S/C10H14N2O.C2H6/c1-4-6-7-9-8(5-2)11-10(13)12(9)3;1-2/h4-7H,1-3H3,(H,11,13);1-2H3/b6-4-,8-5+,9-7+;. The van der Waals surface area contributed by atoms with Crippen molar-refractivity contribution < 1.29 is 0 Å². The van der Waals surface area contributed by atoms with Crippen molar-refractivity contribution in [3.63, 3.8) is 0 Å². The molecule has 0 aliphatic rings. The minimum absolute atomic E-state index is 0.0798. The van der Waals surface area contributed by atoms with Crippen LogP contribution in [0.15, 0.2) is 16.9 Å². The average Bonchev–Trinajstić information content (AvgIpc) is 2.55. The Morgan fingerprint density at radius 2 is 1.87 bits per heavy atom. The lowest BCUT2D eigenvalue weighted by atomic mass is 10.4. The first-order chi connectivity index (χ1) is 7.20. The summed E-state index contributed by atoms with van der Waals surface area (Å²) in [4.78, 5) is 14.0. The summed E-state index contributed by atoms with van der Waals surface area (Å²) in [5.41, 5.74) is -0.0798. The van der Waals surface area contributed by atoms with Gasteiger partial charge in [0, 0.05) is 7.05 Å². The average molecular weight is 208 g/mol. The third kappa shape index (κ3) is 3.27. The van der Waals surface area contributed by atoms with Crippen LogP contribution in [0.1, 0.15) is 27.7 Å². The third-order valence-electron chi connectivity index (χ3n) is 1.92. The summed E-state index contributed by atoms with van der Waals surface area (Å²) < 4.78 is 1.59. The van der Waals surface area contributed by atoms with E-state index in [0.29, 0.717) is 0 Å². The molecule has 0 fully saturated rings. The first-order valence-corrected chi connectivity index (χ1v) is 5.25. The molecule has 15 heavy (non-hydrogen) atoms. The van der Waals surface area contributed by atoms with Gasteiger partial charge in [-0.1, -0.05) is 32.1 Å².